The number of hydrogen-bond donors (Lipinski definition) is 3. The van der Waals surface area contributed by atoms with Gasteiger partial charge in [-0.1, -0.05) is 63.9 Å². The Kier molecular flexibility index (Phi) is 9.05. The maximum Gasteiger partial charge on any atom is 0.408 e. The lowest BCUT2D eigenvalue weighted by molar-refractivity contribution is -0.125. The van der Waals surface area contributed by atoms with Gasteiger partial charge in [-0.2, -0.15) is 0 Å². The van der Waals surface area contributed by atoms with Crippen molar-refractivity contribution in [3.05, 3.63) is 57.7 Å². The van der Waals surface area contributed by atoms with Gasteiger partial charge in [0.1, 0.15) is 18.8 Å². The molecule has 2 aromatic carbocycles. The number of rotatable bonds is 12. The highest BCUT2D eigenvalue weighted by Gasteiger charge is 2.31. The molecule has 0 saturated heterocycles. The SMILES string of the molecule is CCCC[C@H](NC(=O)C(CC(C)C)NC(=O)OCc1ccccc1)C(O)c1cc1=O. The Balaban J connectivity index is 1.98. The van der Waals surface area contributed by atoms with E-state index in [4.69, 9.17) is 4.74 Å². The van der Waals surface area contributed by atoms with Gasteiger partial charge in [-0.3, -0.25) is 9.59 Å². The second-order valence-electron chi connectivity index (χ2n) is 8.05. The van der Waals surface area contributed by atoms with E-state index in [9.17, 15) is 19.5 Å². The van der Waals surface area contributed by atoms with Crippen LogP contribution in [-0.4, -0.2) is 29.2 Å². The topological polar surface area (TPSA) is 105 Å². The summed E-state index contributed by atoms with van der Waals surface area (Å²) in [6, 6.07) is 9.28. The van der Waals surface area contributed by atoms with Gasteiger partial charge in [0.05, 0.1) is 6.04 Å². The van der Waals surface area contributed by atoms with Crippen LogP contribution in [-0.2, 0) is 16.1 Å². The highest BCUT2D eigenvalue weighted by Crippen LogP contribution is 2.21. The second kappa shape index (κ2) is 11.5. The van der Waals surface area contributed by atoms with E-state index in [2.05, 4.69) is 10.6 Å². The van der Waals surface area contributed by atoms with E-state index < -0.39 is 30.2 Å². The van der Waals surface area contributed by atoms with Crippen LogP contribution in [0.3, 0.4) is 0 Å². The van der Waals surface area contributed by atoms with Crippen molar-refractivity contribution in [3.8, 4) is 0 Å². The third-order valence-corrected chi connectivity index (χ3v) is 4.91. The van der Waals surface area contributed by atoms with Gasteiger partial charge in [0.25, 0.3) is 0 Å². The minimum Gasteiger partial charge on any atom is -0.445 e. The molecule has 2 unspecified atom stereocenters. The van der Waals surface area contributed by atoms with E-state index in [0.29, 0.717) is 18.4 Å². The summed E-state index contributed by atoms with van der Waals surface area (Å²) in [4.78, 5) is 36.5. The molecule has 2 aromatic rings. The zero-order valence-corrected chi connectivity index (χ0v) is 17.9. The molecule has 164 valence electrons. The van der Waals surface area contributed by atoms with Gasteiger partial charge in [-0.25, -0.2) is 4.79 Å². The van der Waals surface area contributed by atoms with Crippen LogP contribution in [0.1, 0.15) is 63.7 Å². The largest absolute Gasteiger partial charge is 0.445 e. The molecule has 7 nitrogen and oxygen atoms in total. The average molecular weight is 417 g/mol. The molecule has 3 atom stereocenters. The number of unbranched alkanes of at least 4 members (excludes halogenated alkanes) is 1. The third kappa shape index (κ3) is 7.63. The number of benzene rings is 1. The molecule has 0 bridgehead atoms. The minimum absolute atomic E-state index is 0.108. The van der Waals surface area contributed by atoms with Gasteiger partial charge in [0.2, 0.25) is 5.91 Å². The lowest BCUT2D eigenvalue weighted by Crippen LogP contribution is -2.51. The number of carbonyl (C=O) groups is 2. The normalized spacial score (nSPS) is 14.3. The van der Waals surface area contributed by atoms with Crippen molar-refractivity contribution in [2.24, 2.45) is 5.92 Å². The van der Waals surface area contributed by atoms with Crippen LogP contribution < -0.4 is 16.1 Å². The van der Waals surface area contributed by atoms with E-state index in [1.165, 1.54) is 6.07 Å². The summed E-state index contributed by atoms with van der Waals surface area (Å²) in [5.74, 6) is -0.240. The summed E-state index contributed by atoms with van der Waals surface area (Å²) < 4.78 is 5.24. The summed E-state index contributed by atoms with van der Waals surface area (Å²) in [5.41, 5.74) is 1.01. The average Bonchev–Trinajstić information content (AvgIpc) is 3.45. The summed E-state index contributed by atoms with van der Waals surface area (Å²) in [6.07, 6.45) is 0.949. The van der Waals surface area contributed by atoms with E-state index in [0.717, 1.165) is 18.4 Å². The monoisotopic (exact) mass is 416 g/mol. The van der Waals surface area contributed by atoms with Crippen LogP contribution in [0.15, 0.2) is 41.2 Å². The molecule has 0 aliphatic heterocycles. The number of hydrogen-bond acceptors (Lipinski definition) is 5. The Hall–Kier alpha value is -2.67. The lowest BCUT2D eigenvalue weighted by Gasteiger charge is -2.26. The number of nitrogens with one attached hydrogen (secondary N) is 2. The van der Waals surface area contributed by atoms with Gasteiger partial charge in [0.15, 0.2) is 5.43 Å². The summed E-state index contributed by atoms with van der Waals surface area (Å²) in [5, 5.41) is 15.9. The Bertz CT molecular complexity index is 811. The molecule has 3 N–H and O–H groups in total. The molecule has 2 rings (SSSR count). The molecule has 30 heavy (non-hydrogen) atoms. The van der Waals surface area contributed by atoms with Crippen molar-refractivity contribution in [3.63, 3.8) is 0 Å². The molecule has 0 radical (unpaired) electrons. The van der Waals surface area contributed by atoms with Crippen LogP contribution in [0, 0.1) is 5.92 Å². The quantitative estimate of drug-likeness (QED) is 0.493. The highest BCUT2D eigenvalue weighted by molar-refractivity contribution is 5.85. The number of amides is 2. The van der Waals surface area contributed by atoms with Crippen molar-refractivity contribution >= 4 is 12.0 Å². The fraction of sp³-hybridized carbons (Fsp3) is 0.522. The molecule has 0 aromatic heterocycles. The fourth-order valence-corrected chi connectivity index (χ4v) is 3.18. The molecule has 0 saturated carbocycles. The van der Waals surface area contributed by atoms with Crippen LogP contribution in [0.25, 0.3) is 0 Å². The van der Waals surface area contributed by atoms with Crippen molar-refractivity contribution in [1.29, 1.82) is 0 Å². The number of alkyl carbamates (subject to hydrolysis) is 1. The predicted molar refractivity (Wildman–Crippen MR) is 115 cm³/mol. The van der Waals surface area contributed by atoms with Crippen molar-refractivity contribution in [2.45, 2.75) is 71.2 Å². The maximum absolute atomic E-state index is 12.9. The van der Waals surface area contributed by atoms with Crippen LogP contribution in [0.4, 0.5) is 4.79 Å². The molecule has 0 aliphatic rings. The summed E-state index contributed by atoms with van der Waals surface area (Å²) >= 11 is 0. The number of carbonyl (C=O) groups excluding carboxylic acids is 2. The van der Waals surface area contributed by atoms with Crippen molar-refractivity contribution in [2.75, 3.05) is 0 Å². The molecular weight excluding hydrogens is 384 g/mol. The van der Waals surface area contributed by atoms with E-state index in [1.54, 1.807) is 0 Å². The van der Waals surface area contributed by atoms with Crippen LogP contribution in [0.5, 0.6) is 0 Å². The zero-order chi connectivity index (χ0) is 22.1. The fourth-order valence-electron chi connectivity index (χ4n) is 3.18. The van der Waals surface area contributed by atoms with Crippen LogP contribution in [0.2, 0.25) is 0 Å². The van der Waals surface area contributed by atoms with E-state index in [-0.39, 0.29) is 18.0 Å². The van der Waals surface area contributed by atoms with Crippen molar-refractivity contribution < 1.29 is 19.4 Å². The first kappa shape index (κ1) is 23.6. The van der Waals surface area contributed by atoms with Crippen LogP contribution >= 0.6 is 0 Å². The number of aliphatic hydroxyl groups excluding tert-OH is 1. The summed E-state index contributed by atoms with van der Waals surface area (Å²) in [6.45, 7) is 6.03. The van der Waals surface area contributed by atoms with Gasteiger partial charge < -0.3 is 20.5 Å². The number of aliphatic hydroxyl groups is 1. The minimum atomic E-state index is -1.03. The second-order valence-corrected chi connectivity index (χ2v) is 8.05. The molecule has 7 heteroatoms. The Morgan fingerprint density at radius 2 is 1.80 bits per heavy atom. The first-order valence-electron chi connectivity index (χ1n) is 10.5. The first-order chi connectivity index (χ1) is 14.3. The molecular formula is C23H32N2O5. The maximum atomic E-state index is 12.9. The molecule has 0 aliphatic carbocycles. The molecule has 0 heterocycles. The van der Waals surface area contributed by atoms with Gasteiger partial charge >= 0.3 is 6.09 Å². The van der Waals surface area contributed by atoms with Gasteiger partial charge in [-0.05, 0) is 30.4 Å². The molecule has 0 spiro atoms. The first-order valence-corrected chi connectivity index (χ1v) is 10.5. The standard InChI is InChI=1S/C23H32N2O5/c1-4-5-11-18(21(27)17-13-20(17)26)24-22(28)19(12-15(2)3)25-23(29)30-14-16-9-7-6-8-10-16/h6-10,13,15,18-19,21,27H,4-5,11-12,14H2,1-3H3,(H,24,28)(H,25,29)/t18-,19?,21?/m0/s1. The van der Waals surface area contributed by atoms with E-state index in [1.807, 2.05) is 51.1 Å². The molecule has 0 fully saturated rings. The number of ether oxygens (including phenoxy) is 1. The van der Waals surface area contributed by atoms with E-state index >= 15 is 0 Å². The predicted octanol–water partition coefficient (Wildman–Crippen LogP) is 2.97. The third-order valence-electron chi connectivity index (χ3n) is 4.91. The zero-order valence-electron chi connectivity index (χ0n) is 17.9. The Morgan fingerprint density at radius 3 is 2.37 bits per heavy atom. The lowest BCUT2D eigenvalue weighted by atomic mass is 9.99. The van der Waals surface area contributed by atoms with Crippen molar-refractivity contribution in [1.82, 2.24) is 10.6 Å². The van der Waals surface area contributed by atoms with Gasteiger partial charge in [0, 0.05) is 5.56 Å². The highest BCUT2D eigenvalue weighted by atomic mass is 16.5. The summed E-state index contributed by atoms with van der Waals surface area (Å²) in [7, 11) is 0. The Morgan fingerprint density at radius 1 is 1.13 bits per heavy atom. The van der Waals surface area contributed by atoms with Gasteiger partial charge in [-0.15, -0.1) is 0 Å². The smallest absolute Gasteiger partial charge is 0.408 e. The Labute approximate surface area is 177 Å². The molecule has 2 amide bonds.